The number of hydrogen-bond donors (Lipinski definition) is 2. The molecule has 0 spiro atoms. The number of alkyl carbamates (subject to hydrolysis) is 1. The molecule has 0 saturated heterocycles. The van der Waals surface area contributed by atoms with Crippen molar-refractivity contribution in [2.45, 2.75) is 24.3 Å². The predicted molar refractivity (Wildman–Crippen MR) is 93.8 cm³/mol. The van der Waals surface area contributed by atoms with E-state index in [1.807, 2.05) is 0 Å². The van der Waals surface area contributed by atoms with E-state index in [0.29, 0.717) is 22.5 Å². The number of hydrogen-bond acceptors (Lipinski definition) is 6. The molecule has 2 rings (SSSR count). The summed E-state index contributed by atoms with van der Waals surface area (Å²) in [5, 5.41) is 12.1. The van der Waals surface area contributed by atoms with Crippen LogP contribution in [0.5, 0.6) is 0 Å². The van der Waals surface area contributed by atoms with Crippen LogP contribution in [0.15, 0.2) is 34.2 Å². The van der Waals surface area contributed by atoms with Gasteiger partial charge in [0.1, 0.15) is 0 Å². The Kier molecular flexibility index (Phi) is 7.48. The number of alkyl halides is 3. The largest absolute Gasteiger partial charge is 0.440 e. The van der Waals surface area contributed by atoms with Crippen molar-refractivity contribution >= 4 is 28.8 Å². The van der Waals surface area contributed by atoms with Crippen molar-refractivity contribution in [3.05, 3.63) is 34.6 Å². The van der Waals surface area contributed by atoms with Gasteiger partial charge in [-0.3, -0.25) is 9.36 Å². The summed E-state index contributed by atoms with van der Waals surface area (Å²) >= 11 is 1.17. The van der Waals surface area contributed by atoms with Crippen LogP contribution in [-0.2, 0) is 11.3 Å². The maximum absolute atomic E-state index is 12.6. The van der Waals surface area contributed by atoms with Gasteiger partial charge in [-0.15, -0.1) is 0 Å². The van der Waals surface area contributed by atoms with Gasteiger partial charge in [-0.2, -0.15) is 13.2 Å². The Morgan fingerprint density at radius 2 is 2.07 bits per heavy atom. The average molecular weight is 405 g/mol. The molecule has 0 radical (unpaired) electrons. The van der Waals surface area contributed by atoms with E-state index in [-0.39, 0.29) is 31.0 Å². The fraction of sp³-hybridized carbons (Fsp3) is 0.438. The minimum atomic E-state index is -4.58. The standard InChI is InChI=1S/C16H18F3N3O4S/c17-16(18,19)10-26-15(25)20-6-9-27-14-21-12-5-2-1-4-11(12)13(24)22(14)7-3-8-23/h1-2,4-5,23H,3,6-10H2,(H,20,25). The van der Waals surface area contributed by atoms with Crippen LogP contribution in [0.2, 0.25) is 0 Å². The zero-order chi connectivity index (χ0) is 19.9. The molecule has 0 aliphatic rings. The first-order valence-corrected chi connectivity index (χ1v) is 9.01. The third kappa shape index (κ3) is 6.43. The number of amides is 1. The molecule has 148 valence electrons. The van der Waals surface area contributed by atoms with E-state index < -0.39 is 18.9 Å². The summed E-state index contributed by atoms with van der Waals surface area (Å²) in [6.45, 7) is -1.44. The fourth-order valence-corrected chi connectivity index (χ4v) is 3.06. The summed E-state index contributed by atoms with van der Waals surface area (Å²) in [6.07, 6.45) is -5.38. The lowest BCUT2D eigenvalue weighted by atomic mass is 10.2. The van der Waals surface area contributed by atoms with Crippen molar-refractivity contribution in [2.24, 2.45) is 0 Å². The highest BCUT2D eigenvalue weighted by atomic mass is 32.2. The number of ether oxygens (including phenoxy) is 1. The molecular weight excluding hydrogens is 387 g/mol. The summed E-state index contributed by atoms with van der Waals surface area (Å²) in [6, 6.07) is 6.83. The molecule has 7 nitrogen and oxygen atoms in total. The predicted octanol–water partition coefficient (Wildman–Crippen LogP) is 2.16. The van der Waals surface area contributed by atoms with Crippen molar-refractivity contribution < 1.29 is 27.8 Å². The smallest absolute Gasteiger partial charge is 0.422 e. The van der Waals surface area contributed by atoms with Gasteiger partial charge in [0.15, 0.2) is 11.8 Å². The van der Waals surface area contributed by atoms with Crippen molar-refractivity contribution in [1.82, 2.24) is 14.9 Å². The van der Waals surface area contributed by atoms with Gasteiger partial charge in [-0.05, 0) is 18.6 Å². The van der Waals surface area contributed by atoms with Crippen LogP contribution in [0.4, 0.5) is 18.0 Å². The van der Waals surface area contributed by atoms with Gasteiger partial charge < -0.3 is 15.2 Å². The second kappa shape index (κ2) is 9.60. The van der Waals surface area contributed by atoms with Gasteiger partial charge in [0.25, 0.3) is 5.56 Å². The lowest BCUT2D eigenvalue weighted by Gasteiger charge is -2.13. The van der Waals surface area contributed by atoms with Gasteiger partial charge in [-0.25, -0.2) is 9.78 Å². The van der Waals surface area contributed by atoms with E-state index in [1.54, 1.807) is 24.3 Å². The van der Waals surface area contributed by atoms with E-state index in [2.05, 4.69) is 15.0 Å². The minimum Gasteiger partial charge on any atom is -0.440 e. The van der Waals surface area contributed by atoms with E-state index in [4.69, 9.17) is 5.11 Å². The van der Waals surface area contributed by atoms with Crippen LogP contribution < -0.4 is 10.9 Å². The van der Waals surface area contributed by atoms with Gasteiger partial charge in [0, 0.05) is 25.4 Å². The number of para-hydroxylation sites is 1. The Balaban J connectivity index is 2.00. The second-order valence-corrected chi connectivity index (χ2v) is 6.47. The van der Waals surface area contributed by atoms with Crippen LogP contribution in [0, 0.1) is 0 Å². The van der Waals surface area contributed by atoms with E-state index >= 15 is 0 Å². The van der Waals surface area contributed by atoms with Crippen LogP contribution >= 0.6 is 11.8 Å². The Labute approximate surface area is 156 Å². The Bertz CT molecular complexity index is 842. The van der Waals surface area contributed by atoms with Crippen LogP contribution in [0.3, 0.4) is 0 Å². The molecule has 1 heterocycles. The summed E-state index contributed by atoms with van der Waals surface area (Å²) in [7, 11) is 0. The number of carbonyl (C=O) groups is 1. The lowest BCUT2D eigenvalue weighted by Crippen LogP contribution is -2.30. The first kappa shape index (κ1) is 21.0. The first-order chi connectivity index (χ1) is 12.8. The van der Waals surface area contributed by atoms with Gasteiger partial charge in [-0.1, -0.05) is 23.9 Å². The molecule has 11 heteroatoms. The molecule has 0 fully saturated rings. The fourth-order valence-electron chi connectivity index (χ4n) is 2.18. The van der Waals surface area contributed by atoms with E-state index in [0.717, 1.165) is 0 Å². The molecule has 0 bridgehead atoms. The van der Waals surface area contributed by atoms with Gasteiger partial charge in [0.2, 0.25) is 0 Å². The molecule has 1 aromatic carbocycles. The van der Waals surface area contributed by atoms with E-state index in [1.165, 1.54) is 16.3 Å². The molecule has 0 unspecified atom stereocenters. The van der Waals surface area contributed by atoms with Crippen molar-refractivity contribution in [1.29, 1.82) is 0 Å². The molecule has 27 heavy (non-hydrogen) atoms. The number of aromatic nitrogens is 2. The number of benzene rings is 1. The molecule has 2 aromatic rings. The van der Waals surface area contributed by atoms with Crippen molar-refractivity contribution in [2.75, 3.05) is 25.5 Å². The van der Waals surface area contributed by atoms with Crippen LogP contribution in [-0.4, -0.2) is 52.4 Å². The van der Waals surface area contributed by atoms with Gasteiger partial charge >= 0.3 is 12.3 Å². The molecule has 0 aliphatic carbocycles. The Morgan fingerprint density at radius 3 is 2.78 bits per heavy atom. The molecule has 0 saturated carbocycles. The SMILES string of the molecule is O=C(NCCSc1nc2ccccc2c(=O)n1CCCO)OCC(F)(F)F. The highest BCUT2D eigenvalue weighted by Crippen LogP contribution is 2.18. The third-order valence-electron chi connectivity index (χ3n) is 3.34. The summed E-state index contributed by atoms with van der Waals surface area (Å²) < 4.78 is 41.4. The molecule has 1 aromatic heterocycles. The molecule has 1 amide bonds. The highest BCUT2D eigenvalue weighted by Gasteiger charge is 2.29. The van der Waals surface area contributed by atoms with Crippen molar-refractivity contribution in [3.8, 4) is 0 Å². The van der Waals surface area contributed by atoms with Crippen molar-refractivity contribution in [3.63, 3.8) is 0 Å². The van der Waals surface area contributed by atoms with Gasteiger partial charge in [0.05, 0.1) is 10.9 Å². The number of thioether (sulfide) groups is 1. The summed E-state index contributed by atoms with van der Waals surface area (Å²) in [4.78, 5) is 28.2. The average Bonchev–Trinajstić information content (AvgIpc) is 2.62. The number of nitrogens with one attached hydrogen (secondary N) is 1. The molecule has 0 aliphatic heterocycles. The Hall–Kier alpha value is -2.27. The molecule has 0 atom stereocenters. The lowest BCUT2D eigenvalue weighted by molar-refractivity contribution is -0.160. The highest BCUT2D eigenvalue weighted by molar-refractivity contribution is 7.99. The maximum atomic E-state index is 12.6. The number of aliphatic hydroxyl groups is 1. The number of nitrogens with zero attached hydrogens (tertiary/aromatic N) is 2. The normalized spacial score (nSPS) is 11.6. The minimum absolute atomic E-state index is 0.0318. The third-order valence-corrected chi connectivity index (χ3v) is 4.31. The first-order valence-electron chi connectivity index (χ1n) is 8.02. The maximum Gasteiger partial charge on any atom is 0.422 e. The Morgan fingerprint density at radius 1 is 1.33 bits per heavy atom. The zero-order valence-corrected chi connectivity index (χ0v) is 15.0. The summed E-state index contributed by atoms with van der Waals surface area (Å²) in [5.74, 6) is 0.269. The number of fused-ring (bicyclic) bond motifs is 1. The topological polar surface area (TPSA) is 93.5 Å². The monoisotopic (exact) mass is 405 g/mol. The zero-order valence-electron chi connectivity index (χ0n) is 14.2. The summed E-state index contributed by atoms with van der Waals surface area (Å²) in [5.41, 5.74) is 0.275. The van der Waals surface area contributed by atoms with E-state index in [9.17, 15) is 22.8 Å². The van der Waals surface area contributed by atoms with Crippen LogP contribution in [0.1, 0.15) is 6.42 Å². The number of halogens is 3. The quantitative estimate of drug-likeness (QED) is 0.397. The number of rotatable bonds is 8. The second-order valence-electron chi connectivity index (χ2n) is 5.41. The number of carbonyl (C=O) groups excluding carboxylic acids is 1. The van der Waals surface area contributed by atoms with Crippen LogP contribution in [0.25, 0.3) is 10.9 Å². The molecular formula is C16H18F3N3O4S. The number of aliphatic hydroxyl groups excluding tert-OH is 1. The molecule has 2 N–H and O–H groups in total.